The van der Waals surface area contributed by atoms with E-state index in [2.05, 4.69) is 21.4 Å². The third-order valence-electron chi connectivity index (χ3n) is 4.17. The first-order chi connectivity index (χ1) is 12.4. The molecule has 0 radical (unpaired) electrons. The highest BCUT2D eigenvalue weighted by atomic mass is 16.2. The molecule has 0 unspecified atom stereocenters. The minimum Gasteiger partial charge on any atom is -0.364 e. The summed E-state index contributed by atoms with van der Waals surface area (Å²) in [6.07, 6.45) is 4.87. The van der Waals surface area contributed by atoms with Crippen LogP contribution in [0.25, 0.3) is 0 Å². The number of pyridine rings is 2. The van der Waals surface area contributed by atoms with Crippen molar-refractivity contribution in [2.24, 2.45) is 0 Å². The smallest absolute Gasteiger partial charge is 0.257 e. The number of amides is 1. The summed E-state index contributed by atoms with van der Waals surface area (Å²) in [5, 5.41) is 2.98. The van der Waals surface area contributed by atoms with Crippen molar-refractivity contribution in [3.8, 4) is 0 Å². The zero-order chi connectivity index (χ0) is 18.7. The third-order valence-corrected chi connectivity index (χ3v) is 4.17. The number of rotatable bonds is 4. The normalized spacial score (nSPS) is 11.8. The summed E-state index contributed by atoms with van der Waals surface area (Å²) in [6, 6.07) is 10.9. The van der Waals surface area contributed by atoms with Gasteiger partial charge in [-0.1, -0.05) is 35.4 Å². The zero-order valence-electron chi connectivity index (χ0n) is 15.0. The molecule has 0 aliphatic rings. The van der Waals surface area contributed by atoms with Crippen molar-refractivity contribution in [1.82, 2.24) is 15.3 Å². The van der Waals surface area contributed by atoms with Crippen LogP contribution < -0.4 is 10.7 Å². The van der Waals surface area contributed by atoms with Gasteiger partial charge in [-0.05, 0) is 38.0 Å². The Hall–Kier alpha value is -3.21. The predicted octanol–water partition coefficient (Wildman–Crippen LogP) is 3.21. The van der Waals surface area contributed by atoms with Crippen molar-refractivity contribution in [3.63, 3.8) is 0 Å². The van der Waals surface area contributed by atoms with E-state index in [-0.39, 0.29) is 11.0 Å². The Labute approximate surface area is 152 Å². The second-order valence-corrected chi connectivity index (χ2v) is 6.51. The molecule has 2 aromatic heterocycles. The van der Waals surface area contributed by atoms with E-state index in [1.54, 1.807) is 19.3 Å². The van der Waals surface area contributed by atoms with Crippen LogP contribution in [0.4, 0.5) is 0 Å². The molecule has 0 saturated heterocycles. The van der Waals surface area contributed by atoms with Crippen molar-refractivity contribution < 1.29 is 4.79 Å². The molecule has 0 aliphatic heterocycles. The molecule has 0 saturated carbocycles. The first-order valence-electron chi connectivity index (χ1n) is 8.42. The van der Waals surface area contributed by atoms with Crippen LogP contribution in [0, 0.1) is 20.8 Å². The molecule has 26 heavy (non-hydrogen) atoms. The van der Waals surface area contributed by atoms with Crippen molar-refractivity contribution in [1.29, 1.82) is 0 Å². The van der Waals surface area contributed by atoms with E-state index >= 15 is 0 Å². The Morgan fingerprint density at radius 2 is 1.81 bits per heavy atom. The molecule has 3 aromatic rings. The lowest BCUT2D eigenvalue weighted by molar-refractivity contribution is 0.0941. The van der Waals surface area contributed by atoms with Gasteiger partial charge in [0.15, 0.2) is 5.43 Å². The predicted molar refractivity (Wildman–Crippen MR) is 101 cm³/mol. The van der Waals surface area contributed by atoms with E-state index < -0.39 is 11.9 Å². The minimum absolute atomic E-state index is 0.0915. The number of aromatic amines is 1. The summed E-state index contributed by atoms with van der Waals surface area (Å²) >= 11 is 0. The summed E-state index contributed by atoms with van der Waals surface area (Å²) in [5.41, 5.74) is 4.53. The van der Waals surface area contributed by atoms with E-state index in [4.69, 9.17) is 0 Å². The van der Waals surface area contributed by atoms with Gasteiger partial charge in [-0.2, -0.15) is 0 Å². The standard InChI is InChI=1S/C21H21N3O2/c1-13-7-14(2)9-17(8-13)20(16-5-4-6-22-11-16)24-21(26)18-12-23-15(3)10-19(18)25/h4-12,20H,1-3H3,(H,23,25)(H,24,26)/t20-/m1/s1. The van der Waals surface area contributed by atoms with Crippen LogP contribution >= 0.6 is 0 Å². The Bertz CT molecular complexity index is 973. The van der Waals surface area contributed by atoms with Gasteiger partial charge in [0, 0.05) is 30.4 Å². The maximum Gasteiger partial charge on any atom is 0.257 e. The molecule has 0 aliphatic carbocycles. The number of nitrogens with zero attached hydrogens (tertiary/aromatic N) is 1. The first-order valence-corrected chi connectivity index (χ1v) is 8.42. The van der Waals surface area contributed by atoms with Crippen LogP contribution in [0.5, 0.6) is 0 Å². The fourth-order valence-corrected chi connectivity index (χ4v) is 3.04. The van der Waals surface area contributed by atoms with Gasteiger partial charge in [-0.3, -0.25) is 14.6 Å². The molecule has 5 heteroatoms. The van der Waals surface area contributed by atoms with E-state index in [0.29, 0.717) is 5.69 Å². The Kier molecular flexibility index (Phi) is 4.98. The van der Waals surface area contributed by atoms with Crippen molar-refractivity contribution in [2.75, 3.05) is 0 Å². The largest absolute Gasteiger partial charge is 0.364 e. The number of aryl methyl sites for hydroxylation is 3. The minimum atomic E-state index is -0.417. The van der Waals surface area contributed by atoms with Crippen molar-refractivity contribution >= 4 is 5.91 Å². The maximum atomic E-state index is 12.8. The molecule has 2 N–H and O–H groups in total. The second kappa shape index (κ2) is 7.35. The number of hydrogen-bond donors (Lipinski definition) is 2. The number of aromatic nitrogens is 2. The summed E-state index contributed by atoms with van der Waals surface area (Å²) in [5.74, 6) is -0.417. The van der Waals surface area contributed by atoms with Crippen LogP contribution in [-0.2, 0) is 0 Å². The van der Waals surface area contributed by atoms with Crippen molar-refractivity contribution in [3.05, 3.63) is 98.7 Å². The maximum absolute atomic E-state index is 12.8. The van der Waals surface area contributed by atoms with Crippen molar-refractivity contribution in [2.45, 2.75) is 26.8 Å². The molecule has 0 fully saturated rings. The summed E-state index contributed by atoms with van der Waals surface area (Å²) in [6.45, 7) is 5.81. The Balaban J connectivity index is 2.01. The second-order valence-electron chi connectivity index (χ2n) is 6.51. The van der Waals surface area contributed by atoms with Gasteiger partial charge in [-0.25, -0.2) is 0 Å². The monoisotopic (exact) mass is 347 g/mol. The topological polar surface area (TPSA) is 74.8 Å². The van der Waals surface area contributed by atoms with E-state index in [9.17, 15) is 9.59 Å². The number of carbonyl (C=O) groups is 1. The van der Waals surface area contributed by atoms with Crippen LogP contribution in [0.2, 0.25) is 0 Å². The fraction of sp³-hybridized carbons (Fsp3) is 0.190. The summed E-state index contributed by atoms with van der Waals surface area (Å²) < 4.78 is 0. The SMILES string of the molecule is Cc1cc(C)cc([C@H](NC(=O)c2c[nH]c(C)cc2=O)c2cccnc2)c1. The molecule has 0 spiro atoms. The third kappa shape index (κ3) is 3.88. The van der Waals surface area contributed by atoms with Crippen LogP contribution in [0.1, 0.15) is 44.3 Å². The van der Waals surface area contributed by atoms with Gasteiger partial charge in [0.1, 0.15) is 5.56 Å². The highest BCUT2D eigenvalue weighted by Crippen LogP contribution is 2.24. The van der Waals surface area contributed by atoms with Gasteiger partial charge in [0.2, 0.25) is 0 Å². The number of carbonyl (C=O) groups excluding carboxylic acids is 1. The van der Waals surface area contributed by atoms with Gasteiger partial charge in [-0.15, -0.1) is 0 Å². The Morgan fingerprint density at radius 1 is 1.08 bits per heavy atom. The molecule has 1 aromatic carbocycles. The van der Waals surface area contributed by atoms with E-state index in [1.165, 1.54) is 12.3 Å². The molecular formula is C21H21N3O2. The fourth-order valence-electron chi connectivity index (χ4n) is 3.04. The molecule has 2 heterocycles. The molecule has 132 valence electrons. The molecule has 5 nitrogen and oxygen atoms in total. The van der Waals surface area contributed by atoms with Gasteiger partial charge < -0.3 is 10.3 Å². The van der Waals surface area contributed by atoms with Crippen LogP contribution in [0.3, 0.4) is 0 Å². The number of nitrogens with one attached hydrogen (secondary N) is 2. The average Bonchev–Trinajstić information content (AvgIpc) is 2.59. The summed E-state index contributed by atoms with van der Waals surface area (Å²) in [7, 11) is 0. The number of H-pyrrole nitrogens is 1. The van der Waals surface area contributed by atoms with Gasteiger partial charge >= 0.3 is 0 Å². The molecular weight excluding hydrogens is 326 g/mol. The quantitative estimate of drug-likeness (QED) is 0.761. The lowest BCUT2D eigenvalue weighted by atomic mass is 9.96. The molecule has 3 rings (SSSR count). The van der Waals surface area contributed by atoms with Crippen LogP contribution in [0.15, 0.2) is 59.8 Å². The highest BCUT2D eigenvalue weighted by Gasteiger charge is 2.20. The molecule has 1 atom stereocenters. The summed E-state index contributed by atoms with van der Waals surface area (Å²) in [4.78, 5) is 32.0. The lowest BCUT2D eigenvalue weighted by Gasteiger charge is -2.20. The lowest BCUT2D eigenvalue weighted by Crippen LogP contribution is -2.33. The van der Waals surface area contributed by atoms with Gasteiger partial charge in [0.25, 0.3) is 5.91 Å². The first kappa shape index (κ1) is 17.6. The number of benzene rings is 1. The van der Waals surface area contributed by atoms with E-state index in [1.807, 2.05) is 38.1 Å². The highest BCUT2D eigenvalue weighted by molar-refractivity contribution is 5.94. The van der Waals surface area contributed by atoms with Gasteiger partial charge in [0.05, 0.1) is 6.04 Å². The average molecular weight is 347 g/mol. The zero-order valence-corrected chi connectivity index (χ0v) is 15.0. The molecule has 1 amide bonds. The van der Waals surface area contributed by atoms with Crippen LogP contribution in [-0.4, -0.2) is 15.9 Å². The van der Waals surface area contributed by atoms with E-state index in [0.717, 1.165) is 22.3 Å². The number of hydrogen-bond acceptors (Lipinski definition) is 3. The Morgan fingerprint density at radius 3 is 2.42 bits per heavy atom. The molecule has 0 bridgehead atoms.